The molecule has 17 heavy (non-hydrogen) atoms. The molecule has 0 heterocycles. The Morgan fingerprint density at radius 2 is 2.06 bits per heavy atom. The first-order valence-corrected chi connectivity index (χ1v) is 4.88. The number of aliphatic carboxylic acids is 1. The number of carbonyl (C=O) groups is 1. The van der Waals surface area contributed by atoms with Crippen LogP contribution in [0.3, 0.4) is 0 Å². The van der Waals surface area contributed by atoms with Gasteiger partial charge in [0.1, 0.15) is 5.75 Å². The summed E-state index contributed by atoms with van der Waals surface area (Å²) < 4.78 is 28.9. The van der Waals surface area contributed by atoms with Gasteiger partial charge in [-0.2, -0.15) is 8.78 Å². The van der Waals surface area contributed by atoms with E-state index in [2.05, 4.69) is 4.74 Å². The van der Waals surface area contributed by atoms with Gasteiger partial charge in [0.15, 0.2) is 0 Å². The van der Waals surface area contributed by atoms with Crippen molar-refractivity contribution in [2.45, 2.75) is 20.5 Å². The van der Waals surface area contributed by atoms with Crippen molar-refractivity contribution in [1.29, 1.82) is 0 Å². The van der Waals surface area contributed by atoms with Gasteiger partial charge in [-0.3, -0.25) is 0 Å². The Hall–Kier alpha value is -1.91. The first-order valence-electron chi connectivity index (χ1n) is 4.88. The smallest absolute Gasteiger partial charge is 0.387 e. The fourth-order valence-corrected chi connectivity index (χ4v) is 1.35. The minimum absolute atomic E-state index is 0.0116. The number of ether oxygens (including phenoxy) is 1. The Morgan fingerprint density at radius 1 is 1.41 bits per heavy atom. The molecule has 0 radical (unpaired) electrons. The zero-order valence-corrected chi connectivity index (χ0v) is 9.41. The maximum absolute atomic E-state index is 12.2. The Bertz CT molecular complexity index is 453. The molecule has 0 amide bonds. The van der Waals surface area contributed by atoms with Crippen LogP contribution in [0.15, 0.2) is 18.2 Å². The lowest BCUT2D eigenvalue weighted by Gasteiger charge is -2.13. The molecule has 0 aliphatic rings. The van der Waals surface area contributed by atoms with E-state index in [1.54, 1.807) is 26.0 Å². The van der Waals surface area contributed by atoms with Crippen molar-refractivity contribution >= 4 is 12.0 Å². The van der Waals surface area contributed by atoms with Crippen LogP contribution in [0.25, 0.3) is 6.08 Å². The van der Waals surface area contributed by atoms with Crippen LogP contribution < -0.4 is 4.74 Å². The molecule has 0 aliphatic carbocycles. The summed E-state index contributed by atoms with van der Waals surface area (Å²) in [5.74, 6) is -1.14. The molecule has 1 rings (SSSR count). The number of alkyl halides is 2. The summed E-state index contributed by atoms with van der Waals surface area (Å²) in [5, 5.41) is 8.50. The SMILES string of the molecule is Cc1ccc(/C=C/C(=O)O)c(OC(F)F)c1C. The quantitative estimate of drug-likeness (QED) is 0.825. The predicted molar refractivity (Wildman–Crippen MR) is 59.2 cm³/mol. The number of aryl methyl sites for hydroxylation is 1. The third-order valence-electron chi connectivity index (χ3n) is 2.32. The second-order valence-corrected chi connectivity index (χ2v) is 3.48. The van der Waals surface area contributed by atoms with E-state index in [4.69, 9.17) is 5.11 Å². The fourth-order valence-electron chi connectivity index (χ4n) is 1.35. The summed E-state index contributed by atoms with van der Waals surface area (Å²) in [6, 6.07) is 3.26. The molecule has 5 heteroatoms. The highest BCUT2D eigenvalue weighted by Gasteiger charge is 2.12. The summed E-state index contributed by atoms with van der Waals surface area (Å²) in [4.78, 5) is 10.4. The van der Waals surface area contributed by atoms with Crippen LogP contribution in [0.2, 0.25) is 0 Å². The van der Waals surface area contributed by atoms with E-state index in [1.165, 1.54) is 6.08 Å². The van der Waals surface area contributed by atoms with Gasteiger partial charge in [-0.1, -0.05) is 12.1 Å². The van der Waals surface area contributed by atoms with Crippen LogP contribution in [-0.2, 0) is 4.79 Å². The third kappa shape index (κ3) is 3.55. The normalized spacial score (nSPS) is 11.1. The van der Waals surface area contributed by atoms with E-state index < -0.39 is 12.6 Å². The van der Waals surface area contributed by atoms with Crippen LogP contribution in [0.5, 0.6) is 5.75 Å². The van der Waals surface area contributed by atoms with E-state index in [-0.39, 0.29) is 5.75 Å². The number of hydrogen-bond donors (Lipinski definition) is 1. The van der Waals surface area contributed by atoms with E-state index in [0.717, 1.165) is 11.6 Å². The van der Waals surface area contributed by atoms with Crippen LogP contribution in [0, 0.1) is 13.8 Å². The fraction of sp³-hybridized carbons (Fsp3) is 0.250. The molecule has 0 aliphatic heterocycles. The summed E-state index contributed by atoms with van der Waals surface area (Å²) >= 11 is 0. The molecule has 1 aromatic rings. The molecule has 0 saturated carbocycles. The predicted octanol–water partition coefficient (Wildman–Crippen LogP) is 3.00. The van der Waals surface area contributed by atoms with Gasteiger partial charge in [-0.05, 0) is 31.1 Å². The summed E-state index contributed by atoms with van der Waals surface area (Å²) in [5.41, 5.74) is 1.68. The number of hydrogen-bond acceptors (Lipinski definition) is 2. The maximum Gasteiger partial charge on any atom is 0.387 e. The Balaban J connectivity index is 3.20. The zero-order valence-electron chi connectivity index (χ0n) is 9.41. The topological polar surface area (TPSA) is 46.5 Å². The standard InChI is InChI=1S/C12H12F2O3/c1-7-3-4-9(5-6-10(15)16)11(8(7)2)17-12(13)14/h3-6,12H,1-2H3,(H,15,16)/b6-5+. The van der Waals surface area contributed by atoms with Crippen molar-refractivity contribution in [2.24, 2.45) is 0 Å². The van der Waals surface area contributed by atoms with Crippen molar-refractivity contribution in [3.05, 3.63) is 34.9 Å². The zero-order chi connectivity index (χ0) is 13.0. The van der Waals surface area contributed by atoms with Gasteiger partial charge in [-0.25, -0.2) is 4.79 Å². The molecule has 0 saturated heterocycles. The van der Waals surface area contributed by atoms with Gasteiger partial charge in [0, 0.05) is 11.6 Å². The Kier molecular flexibility index (Phi) is 4.20. The molecular formula is C12H12F2O3. The number of carboxylic acids is 1. The van der Waals surface area contributed by atoms with Crippen molar-refractivity contribution in [1.82, 2.24) is 0 Å². The molecule has 1 aromatic carbocycles. The first kappa shape index (κ1) is 13.2. The van der Waals surface area contributed by atoms with Crippen molar-refractivity contribution in [3.63, 3.8) is 0 Å². The van der Waals surface area contributed by atoms with Gasteiger partial charge in [0.05, 0.1) is 0 Å². The minimum atomic E-state index is -2.94. The highest BCUT2D eigenvalue weighted by Crippen LogP contribution is 2.29. The molecule has 92 valence electrons. The molecule has 0 unspecified atom stereocenters. The average molecular weight is 242 g/mol. The van der Waals surface area contributed by atoms with Crippen LogP contribution in [-0.4, -0.2) is 17.7 Å². The molecule has 0 bridgehead atoms. The van der Waals surface area contributed by atoms with E-state index in [1.807, 2.05) is 0 Å². The molecule has 0 atom stereocenters. The molecule has 3 nitrogen and oxygen atoms in total. The summed E-state index contributed by atoms with van der Waals surface area (Å²) in [6.07, 6.45) is 2.11. The molecule has 0 spiro atoms. The van der Waals surface area contributed by atoms with Gasteiger partial charge in [0.25, 0.3) is 0 Å². The Labute approximate surface area is 97.3 Å². The lowest BCUT2D eigenvalue weighted by atomic mass is 10.0. The number of rotatable bonds is 4. The van der Waals surface area contributed by atoms with Crippen LogP contribution in [0.4, 0.5) is 8.78 Å². The van der Waals surface area contributed by atoms with E-state index in [0.29, 0.717) is 11.1 Å². The van der Waals surface area contributed by atoms with Gasteiger partial charge in [0.2, 0.25) is 0 Å². The molecular weight excluding hydrogens is 230 g/mol. The monoisotopic (exact) mass is 242 g/mol. The lowest BCUT2D eigenvalue weighted by Crippen LogP contribution is -2.05. The third-order valence-corrected chi connectivity index (χ3v) is 2.32. The van der Waals surface area contributed by atoms with E-state index >= 15 is 0 Å². The van der Waals surface area contributed by atoms with Crippen LogP contribution in [0.1, 0.15) is 16.7 Å². The first-order chi connectivity index (χ1) is 7.91. The van der Waals surface area contributed by atoms with Gasteiger partial charge < -0.3 is 9.84 Å². The van der Waals surface area contributed by atoms with Gasteiger partial charge >= 0.3 is 12.6 Å². The summed E-state index contributed by atoms with van der Waals surface area (Å²) in [6.45, 7) is 0.469. The molecule has 1 N–H and O–H groups in total. The maximum atomic E-state index is 12.2. The Morgan fingerprint density at radius 3 is 2.59 bits per heavy atom. The highest BCUT2D eigenvalue weighted by atomic mass is 19.3. The lowest BCUT2D eigenvalue weighted by molar-refractivity contribution is -0.131. The van der Waals surface area contributed by atoms with Gasteiger partial charge in [-0.15, -0.1) is 0 Å². The number of benzene rings is 1. The number of halogens is 2. The second-order valence-electron chi connectivity index (χ2n) is 3.48. The highest BCUT2D eigenvalue weighted by molar-refractivity contribution is 5.86. The number of carboxylic acid groups (broad SMARTS) is 1. The average Bonchev–Trinajstić information content (AvgIpc) is 2.23. The van der Waals surface area contributed by atoms with Crippen molar-refractivity contribution in [2.75, 3.05) is 0 Å². The second kappa shape index (κ2) is 5.43. The largest absolute Gasteiger partial charge is 0.478 e. The molecule has 0 aromatic heterocycles. The van der Waals surface area contributed by atoms with E-state index in [9.17, 15) is 13.6 Å². The summed E-state index contributed by atoms with van der Waals surface area (Å²) in [7, 11) is 0. The van der Waals surface area contributed by atoms with Crippen molar-refractivity contribution < 1.29 is 23.4 Å². The molecule has 0 fully saturated rings. The van der Waals surface area contributed by atoms with Crippen LogP contribution >= 0.6 is 0 Å². The van der Waals surface area contributed by atoms with Crippen molar-refractivity contribution in [3.8, 4) is 5.75 Å². The minimum Gasteiger partial charge on any atom is -0.478 e.